The van der Waals surface area contributed by atoms with E-state index in [2.05, 4.69) is 15.0 Å². The number of fused-ring (bicyclic) bond motifs is 7. The minimum Gasteiger partial charge on any atom is -0.457 e. The molecular weight excluding hydrogens is 791 g/mol. The molecule has 9 aromatic rings. The van der Waals surface area contributed by atoms with Crippen LogP contribution in [0.15, 0.2) is 176 Å². The summed E-state index contributed by atoms with van der Waals surface area (Å²) in [4.78, 5) is 5.16. The Hall–Kier alpha value is -5.74. The van der Waals surface area contributed by atoms with E-state index in [1.54, 1.807) is 24.3 Å². The lowest BCUT2D eigenvalue weighted by Crippen LogP contribution is -2.75. The summed E-state index contributed by atoms with van der Waals surface area (Å²) in [6, 6.07) is 52.5. The van der Waals surface area contributed by atoms with Gasteiger partial charge >= 0.3 is 0 Å². The van der Waals surface area contributed by atoms with E-state index in [1.165, 1.54) is 12.1 Å². The second kappa shape index (κ2) is 15.0. The van der Waals surface area contributed by atoms with E-state index in [1.807, 2.05) is 133 Å². The molecule has 4 nitrogen and oxygen atoms in total. The molecule has 0 N–H and O–H groups in total. The maximum absolute atomic E-state index is 10.7. The average Bonchev–Trinajstić information content (AvgIpc) is 3.73. The highest BCUT2D eigenvalue weighted by Crippen LogP contribution is 2.49. The number of para-hydroxylation sites is 6. The molecule has 0 bridgehead atoms. The van der Waals surface area contributed by atoms with Gasteiger partial charge in [-0.1, -0.05) is 187 Å². The number of nitrogens with zero attached hydrogens (tertiary/aromatic N) is 3. The Morgan fingerprint density at radius 1 is 0.607 bits per heavy atom. The van der Waals surface area contributed by atoms with Crippen LogP contribution in [0, 0.1) is 10.8 Å². The van der Waals surface area contributed by atoms with E-state index < -0.39 is 81.8 Å². The first-order valence-corrected chi connectivity index (χ1v) is 24.9. The third kappa shape index (κ3) is 6.65. The van der Waals surface area contributed by atoms with Crippen molar-refractivity contribution in [3.05, 3.63) is 187 Å². The van der Waals surface area contributed by atoms with E-state index in [-0.39, 0.29) is 22.6 Å². The lowest BCUT2D eigenvalue weighted by atomic mass is 9.98. The molecule has 1 aliphatic heterocycles. The third-order valence-corrected chi connectivity index (χ3v) is 21.5. The highest BCUT2D eigenvalue weighted by atomic mass is 28.3. The summed E-state index contributed by atoms with van der Waals surface area (Å²) in [6.45, 7) is -11.3. The van der Waals surface area contributed by atoms with Crippen LogP contribution in [0.2, 0.25) is 12.1 Å². The van der Waals surface area contributed by atoms with Gasteiger partial charge in [0.1, 0.15) is 11.5 Å². The molecule has 0 radical (unpaired) electrons. The fourth-order valence-electron chi connectivity index (χ4n) is 9.25. The van der Waals surface area contributed by atoms with Gasteiger partial charge in [0.05, 0.1) is 22.1 Å². The van der Waals surface area contributed by atoms with Crippen LogP contribution in [-0.4, -0.2) is 45.7 Å². The van der Waals surface area contributed by atoms with E-state index in [0.717, 1.165) is 57.2 Å². The normalized spacial score (nSPS) is 19.1. The molecule has 304 valence electrons. The lowest BCUT2D eigenvalue weighted by Gasteiger charge is -2.45. The predicted octanol–water partition coefficient (Wildman–Crippen LogP) is 9.38. The molecule has 61 heavy (non-hydrogen) atoms. The minimum absolute atomic E-state index is 0.0144. The van der Waals surface area contributed by atoms with Crippen LogP contribution in [0.5, 0.6) is 11.5 Å². The number of benzene rings is 7. The standard InChI is InChI=1S/C54H55N3OSi3/c1-52(2,3)36-59-54(60-37-53(4,5)6)42-27-13-18-33-48(42)58-50-43(54)28-20-34-49(50)61(39-22-9-7-10-23-39,40-24-11-8-12-25-40)41-26-19-21-38(35-41)56-46-31-16-17-32-47(46)57-45-30-15-14-29-44(45)55-51(56)57/h7-35H,36-37,59-60H2,1-6H3/i1D3,2D3,4D3,5D3,59D2,60D2. The highest BCUT2D eigenvalue weighted by Gasteiger charge is 2.49. The molecule has 0 atom stereocenters. The van der Waals surface area contributed by atoms with Gasteiger partial charge in [0, 0.05) is 50.5 Å². The first-order chi connectivity index (χ1) is 36.0. The minimum atomic E-state index is -5.57. The zero-order chi connectivity index (χ0) is 55.6. The first kappa shape index (κ1) is 25.3. The molecule has 10 rings (SSSR count). The van der Waals surface area contributed by atoms with Crippen molar-refractivity contribution >= 4 is 75.4 Å². The summed E-state index contributed by atoms with van der Waals surface area (Å²) in [7, 11) is -15.1. The molecule has 1 aliphatic rings. The van der Waals surface area contributed by atoms with Gasteiger partial charge in [-0.2, -0.15) is 0 Å². The molecule has 0 saturated carbocycles. The Morgan fingerprint density at radius 3 is 1.85 bits per heavy atom. The third-order valence-electron chi connectivity index (χ3n) is 11.8. The molecule has 3 heterocycles. The Kier molecular flexibility index (Phi) is 6.22. The first-order valence-electron chi connectivity index (χ1n) is 28.5. The van der Waals surface area contributed by atoms with Crippen LogP contribution >= 0.6 is 0 Å². The number of rotatable bonds is 9. The molecular formula is C54H55N3OSi3. The Morgan fingerprint density at radius 2 is 1.16 bits per heavy atom. The Labute approximate surface area is 387 Å². The highest BCUT2D eigenvalue weighted by molar-refractivity contribution is 7.20. The maximum Gasteiger partial charge on any atom is 0.220 e. The molecule has 7 aromatic carbocycles. The van der Waals surface area contributed by atoms with E-state index >= 15 is 0 Å². The van der Waals surface area contributed by atoms with Crippen molar-refractivity contribution in [1.29, 1.82) is 4.94 Å². The fraction of sp³-hybridized carbons (Fsp3) is 0.204. The molecule has 2 aromatic heterocycles. The van der Waals surface area contributed by atoms with Crippen molar-refractivity contribution < 1.29 is 21.2 Å². The van der Waals surface area contributed by atoms with Crippen LogP contribution in [0.4, 0.5) is 0 Å². The number of hydrogen-bond donors (Lipinski definition) is 0. The molecule has 0 aliphatic carbocycles. The maximum atomic E-state index is 10.7. The quantitative estimate of drug-likeness (QED) is 0.107. The van der Waals surface area contributed by atoms with E-state index in [4.69, 9.17) is 26.2 Å². The second-order valence-corrected chi connectivity index (χ2v) is 23.7. The van der Waals surface area contributed by atoms with Crippen molar-refractivity contribution in [2.24, 2.45) is 10.8 Å². The van der Waals surface area contributed by atoms with E-state index in [9.17, 15) is 4.94 Å². The number of ether oxygens (including phenoxy) is 1. The zero-order valence-corrected chi connectivity index (χ0v) is 36.9. The number of imidazole rings is 2. The fourth-order valence-corrected chi connectivity index (χ4v) is 18.0. The number of aromatic nitrogens is 3. The summed E-state index contributed by atoms with van der Waals surface area (Å²) in [5.41, 5.74) is -1.38. The molecule has 0 spiro atoms. The molecule has 0 saturated heterocycles. The van der Waals surface area contributed by atoms with Crippen LogP contribution in [0.3, 0.4) is 0 Å². The van der Waals surface area contributed by atoms with Gasteiger partial charge in [-0.25, -0.2) is 4.98 Å². The van der Waals surface area contributed by atoms with Crippen LogP contribution in [0.25, 0.3) is 33.5 Å². The molecule has 0 unspecified atom stereocenters. The summed E-state index contributed by atoms with van der Waals surface area (Å²) in [6.07, 6.45) is 0. The van der Waals surface area contributed by atoms with Gasteiger partial charge in [0.2, 0.25) is 5.78 Å². The monoisotopic (exact) mass is 861 g/mol. The van der Waals surface area contributed by atoms with Crippen molar-refractivity contribution in [3.8, 4) is 17.2 Å². The summed E-state index contributed by atoms with van der Waals surface area (Å²) < 4.78 is 156. The van der Waals surface area contributed by atoms with Crippen LogP contribution in [0.1, 0.15) is 68.8 Å². The zero-order valence-electron chi connectivity index (χ0n) is 49.9. The van der Waals surface area contributed by atoms with Gasteiger partial charge in [0.25, 0.3) is 0 Å². The van der Waals surface area contributed by atoms with Crippen molar-refractivity contribution in [2.75, 3.05) is 0 Å². The van der Waals surface area contributed by atoms with Crippen LogP contribution in [-0.2, 0) is 4.66 Å². The topological polar surface area (TPSA) is 31.5 Å². The van der Waals surface area contributed by atoms with Gasteiger partial charge < -0.3 is 4.74 Å². The molecule has 7 heteroatoms. The summed E-state index contributed by atoms with van der Waals surface area (Å²) >= 11 is 0. The van der Waals surface area contributed by atoms with Gasteiger partial charge in [0.15, 0.2) is 8.07 Å². The SMILES string of the molecule is [2H]C([2H])([2H])C(C)(C[Si]([2H])([2H])C1([Si]([2H])([2H])CC(C)(C([2H])([2H])[2H])C([2H])([2H])[2H])c2ccccc2Oc2c1cccc2[Si](c1ccccc1)(c1ccccc1)c1cccc(-n2c3ccccc3n3c4ccccc4nc23)c1)C([2H])([2H])[2H]. The smallest absolute Gasteiger partial charge is 0.220 e. The van der Waals surface area contributed by atoms with E-state index in [0.29, 0.717) is 11.0 Å². The predicted molar refractivity (Wildman–Crippen MR) is 266 cm³/mol. The van der Waals surface area contributed by atoms with Gasteiger partial charge in [-0.05, 0) is 85.2 Å². The number of hydrogen-bond acceptors (Lipinski definition) is 2. The van der Waals surface area contributed by atoms with Crippen molar-refractivity contribution in [1.82, 2.24) is 14.0 Å². The van der Waals surface area contributed by atoms with Gasteiger partial charge in [-0.3, -0.25) is 8.97 Å². The molecule has 0 fully saturated rings. The van der Waals surface area contributed by atoms with Crippen LogP contribution < -0.4 is 25.5 Å². The Balaban J connectivity index is 1.36. The lowest BCUT2D eigenvalue weighted by molar-refractivity contribution is 0.441. The summed E-state index contributed by atoms with van der Waals surface area (Å²) in [5, 5.41) is 3.02. The van der Waals surface area contributed by atoms with Crippen molar-refractivity contribution in [3.63, 3.8) is 0 Å². The Bertz CT molecular complexity index is 3580. The second-order valence-electron chi connectivity index (χ2n) is 16.5. The average molecular weight is 862 g/mol. The molecule has 0 amide bonds. The largest absolute Gasteiger partial charge is 0.457 e. The van der Waals surface area contributed by atoms with Crippen molar-refractivity contribution in [2.45, 2.75) is 58.0 Å². The van der Waals surface area contributed by atoms with Gasteiger partial charge in [-0.15, -0.1) is 0 Å². The summed E-state index contributed by atoms with van der Waals surface area (Å²) in [5.74, 6) is 0.685.